The van der Waals surface area contributed by atoms with Crippen molar-refractivity contribution in [2.24, 2.45) is 0 Å². The Labute approximate surface area is 237 Å². The molecule has 2 nitrogen and oxygen atoms in total. The molecule has 0 fully saturated rings. The van der Waals surface area contributed by atoms with Crippen molar-refractivity contribution in [2.75, 3.05) is 13.2 Å². The summed E-state index contributed by atoms with van der Waals surface area (Å²) in [4.78, 5) is 0. The molecular formula is C38H36O2. The molecule has 4 bridgehead atoms. The summed E-state index contributed by atoms with van der Waals surface area (Å²) in [5.74, 6) is 1.89. The van der Waals surface area contributed by atoms with E-state index in [-0.39, 0.29) is 0 Å². The Hall–Kier alpha value is -4.04. The monoisotopic (exact) mass is 524 g/mol. The van der Waals surface area contributed by atoms with Crippen LogP contribution in [-0.2, 0) is 5.41 Å². The van der Waals surface area contributed by atoms with Gasteiger partial charge in [0, 0.05) is 0 Å². The second-order valence-electron chi connectivity index (χ2n) is 11.5. The molecule has 0 radical (unpaired) electrons. The van der Waals surface area contributed by atoms with Gasteiger partial charge in [0.05, 0.1) is 18.6 Å². The molecule has 5 aromatic rings. The molecule has 0 saturated heterocycles. The van der Waals surface area contributed by atoms with Crippen LogP contribution in [0.5, 0.6) is 11.5 Å². The third-order valence-corrected chi connectivity index (χ3v) is 8.80. The summed E-state index contributed by atoms with van der Waals surface area (Å²) in [6.45, 7) is 5.94. The lowest BCUT2D eigenvalue weighted by Gasteiger charge is -2.42. The van der Waals surface area contributed by atoms with E-state index in [0.29, 0.717) is 0 Å². The first-order valence-corrected chi connectivity index (χ1v) is 14.8. The van der Waals surface area contributed by atoms with E-state index in [4.69, 9.17) is 9.47 Å². The van der Waals surface area contributed by atoms with Crippen LogP contribution in [0.15, 0.2) is 97.1 Å². The zero-order valence-electron chi connectivity index (χ0n) is 23.5. The predicted molar refractivity (Wildman–Crippen MR) is 165 cm³/mol. The average Bonchev–Trinajstić information content (AvgIpc) is 2.97. The van der Waals surface area contributed by atoms with Gasteiger partial charge in [0.1, 0.15) is 11.5 Å². The van der Waals surface area contributed by atoms with E-state index < -0.39 is 5.41 Å². The average molecular weight is 525 g/mol. The highest BCUT2D eigenvalue weighted by Crippen LogP contribution is 2.56. The summed E-state index contributed by atoms with van der Waals surface area (Å²) in [5.41, 5.74) is 9.84. The van der Waals surface area contributed by atoms with Gasteiger partial charge in [0.15, 0.2) is 0 Å². The van der Waals surface area contributed by atoms with Gasteiger partial charge in [0.25, 0.3) is 0 Å². The molecule has 0 unspecified atom stereocenters. The lowest BCUT2D eigenvalue weighted by molar-refractivity contribution is 0.293. The number of hydrogen-bond donors (Lipinski definition) is 0. The Bertz CT molecular complexity index is 1620. The summed E-state index contributed by atoms with van der Waals surface area (Å²) in [5, 5.41) is 2.63. The first-order chi connectivity index (χ1) is 19.6. The summed E-state index contributed by atoms with van der Waals surface area (Å²) in [6, 6.07) is 36.3. The summed E-state index contributed by atoms with van der Waals surface area (Å²) in [7, 11) is 0. The van der Waals surface area contributed by atoms with Crippen molar-refractivity contribution in [3.8, 4) is 22.6 Å². The Balaban J connectivity index is 1.55. The number of fused-ring (bicyclic) bond motifs is 4. The summed E-state index contributed by atoms with van der Waals surface area (Å²) < 4.78 is 12.4. The Morgan fingerprint density at radius 2 is 1.12 bits per heavy atom. The van der Waals surface area contributed by atoms with Crippen LogP contribution < -0.4 is 9.47 Å². The molecular weight excluding hydrogens is 488 g/mol. The third kappa shape index (κ3) is 4.09. The van der Waals surface area contributed by atoms with E-state index in [0.717, 1.165) is 37.6 Å². The van der Waals surface area contributed by atoms with Gasteiger partial charge < -0.3 is 9.47 Å². The van der Waals surface area contributed by atoms with Crippen molar-refractivity contribution in [3.63, 3.8) is 0 Å². The molecule has 200 valence electrons. The van der Waals surface area contributed by atoms with Crippen LogP contribution in [-0.4, -0.2) is 13.2 Å². The maximum atomic E-state index is 6.20. The Morgan fingerprint density at radius 3 is 1.77 bits per heavy atom. The Kier molecular flexibility index (Phi) is 6.35. The summed E-state index contributed by atoms with van der Waals surface area (Å²) in [6.07, 6.45) is 5.76. The van der Waals surface area contributed by atoms with Gasteiger partial charge in [-0.15, -0.1) is 0 Å². The number of aryl methyl sites for hydroxylation is 2. The van der Waals surface area contributed by atoms with Gasteiger partial charge in [-0.25, -0.2) is 0 Å². The lowest BCUT2D eigenvalue weighted by atomic mass is 9.59. The molecule has 3 aliphatic heterocycles. The number of benzene rings is 5. The first kappa shape index (κ1) is 25.0. The van der Waals surface area contributed by atoms with Gasteiger partial charge in [-0.2, -0.15) is 0 Å². The molecule has 2 heteroatoms. The van der Waals surface area contributed by atoms with Crippen LogP contribution in [0.2, 0.25) is 0 Å². The van der Waals surface area contributed by atoms with E-state index >= 15 is 0 Å². The van der Waals surface area contributed by atoms with E-state index in [9.17, 15) is 0 Å². The molecule has 1 spiro atoms. The van der Waals surface area contributed by atoms with Crippen LogP contribution in [0.4, 0.5) is 0 Å². The molecule has 5 aromatic carbocycles. The molecule has 0 atom stereocenters. The number of hydrogen-bond acceptors (Lipinski definition) is 2. The fraction of sp³-hybridized carbons (Fsp3) is 0.263. The van der Waals surface area contributed by atoms with Crippen LogP contribution in [0.3, 0.4) is 0 Å². The maximum absolute atomic E-state index is 6.20. The topological polar surface area (TPSA) is 18.5 Å². The van der Waals surface area contributed by atoms with Crippen molar-refractivity contribution in [1.29, 1.82) is 0 Å². The smallest absolute Gasteiger partial charge is 0.119 e. The normalized spacial score (nSPS) is 16.1. The number of rotatable bonds is 0. The molecule has 3 heterocycles. The second kappa shape index (κ2) is 10.2. The molecule has 0 aromatic heterocycles. The van der Waals surface area contributed by atoms with Crippen molar-refractivity contribution in [3.05, 3.63) is 130 Å². The van der Waals surface area contributed by atoms with Crippen molar-refractivity contribution < 1.29 is 9.47 Å². The molecule has 4 aliphatic rings. The second-order valence-corrected chi connectivity index (χ2v) is 11.5. The fourth-order valence-corrected chi connectivity index (χ4v) is 6.95. The van der Waals surface area contributed by atoms with Crippen LogP contribution in [0.25, 0.3) is 21.9 Å². The maximum Gasteiger partial charge on any atom is 0.119 e. The van der Waals surface area contributed by atoms with Gasteiger partial charge in [0.2, 0.25) is 0 Å². The molecule has 40 heavy (non-hydrogen) atoms. The molecule has 0 amide bonds. The van der Waals surface area contributed by atoms with Gasteiger partial charge >= 0.3 is 0 Å². The fourth-order valence-electron chi connectivity index (χ4n) is 6.95. The van der Waals surface area contributed by atoms with E-state index in [1.165, 1.54) is 74.5 Å². The summed E-state index contributed by atoms with van der Waals surface area (Å²) >= 11 is 0. The van der Waals surface area contributed by atoms with Gasteiger partial charge in [-0.3, -0.25) is 0 Å². The highest BCUT2D eigenvalue weighted by molar-refractivity contribution is 6.05. The molecule has 0 N–H and O–H groups in total. The third-order valence-electron chi connectivity index (χ3n) is 8.80. The standard InChI is InChI=1S/C38H36O2/c1-26-11-20-33-34-10-8-9-28-23-27(2)25-36(37(28)34)38(35(33)24-26)29-12-16-31(17-13-29)39-21-6-4-3-5-7-22-40-32-18-14-30(38)15-19-32/h8-20,23-25H,3-7,21-22H2,1-2H3. The SMILES string of the molecule is Cc1ccc2c(c1)C1(c3ccc(cc3)OCCCCCCCOc3ccc1cc3)c1cc(C)cc3cccc-2c13. The predicted octanol–water partition coefficient (Wildman–Crippen LogP) is 9.54. The zero-order chi connectivity index (χ0) is 27.1. The van der Waals surface area contributed by atoms with Gasteiger partial charge in [-0.1, -0.05) is 103 Å². The minimum absolute atomic E-state index is 0.484. The molecule has 1 aliphatic carbocycles. The molecule has 0 saturated carbocycles. The van der Waals surface area contributed by atoms with Crippen LogP contribution in [0, 0.1) is 13.8 Å². The quantitative estimate of drug-likeness (QED) is 0.197. The van der Waals surface area contributed by atoms with Crippen molar-refractivity contribution >= 4 is 10.8 Å². The largest absolute Gasteiger partial charge is 0.494 e. The lowest BCUT2D eigenvalue weighted by Crippen LogP contribution is -2.34. The Morgan fingerprint density at radius 1 is 0.525 bits per heavy atom. The van der Waals surface area contributed by atoms with E-state index in [1.807, 2.05) is 0 Å². The number of ether oxygens (including phenoxy) is 2. The first-order valence-electron chi connectivity index (χ1n) is 14.8. The van der Waals surface area contributed by atoms with Crippen molar-refractivity contribution in [1.82, 2.24) is 0 Å². The van der Waals surface area contributed by atoms with Gasteiger partial charge in [-0.05, 0) is 95.1 Å². The van der Waals surface area contributed by atoms with Crippen molar-refractivity contribution in [2.45, 2.75) is 51.4 Å². The molecule has 9 rings (SSSR count). The van der Waals surface area contributed by atoms with Crippen LogP contribution >= 0.6 is 0 Å². The van der Waals surface area contributed by atoms with E-state index in [2.05, 4.69) is 111 Å². The zero-order valence-corrected chi connectivity index (χ0v) is 23.5. The minimum atomic E-state index is -0.484. The van der Waals surface area contributed by atoms with Crippen LogP contribution in [0.1, 0.15) is 65.5 Å². The highest BCUT2D eigenvalue weighted by atomic mass is 16.5. The van der Waals surface area contributed by atoms with E-state index in [1.54, 1.807) is 0 Å². The minimum Gasteiger partial charge on any atom is -0.494 e. The highest BCUT2D eigenvalue weighted by Gasteiger charge is 2.44.